The summed E-state index contributed by atoms with van der Waals surface area (Å²) in [4.78, 5) is 14.2. The molecule has 5 nitrogen and oxygen atoms in total. The summed E-state index contributed by atoms with van der Waals surface area (Å²) >= 11 is 5.86. The van der Waals surface area contributed by atoms with Gasteiger partial charge in [-0.1, -0.05) is 29.8 Å². The van der Waals surface area contributed by atoms with Crippen LogP contribution in [-0.2, 0) is 14.8 Å². The normalized spacial score (nSPS) is 11.2. The van der Waals surface area contributed by atoms with E-state index >= 15 is 0 Å². The molecule has 0 spiro atoms. The standard InChI is InChI=1S/C18H21ClN2O3S/c1-3-20(16-7-5-4-6-8-16)18(22)13-14-21(25(2,23)24)17-11-9-15(19)10-12-17/h4-12H,3,13-14H2,1-2H3. The lowest BCUT2D eigenvalue weighted by molar-refractivity contribution is -0.118. The summed E-state index contributed by atoms with van der Waals surface area (Å²) in [6.45, 7) is 2.48. The molecule has 0 aliphatic heterocycles. The molecule has 0 aromatic heterocycles. The van der Waals surface area contributed by atoms with Crippen molar-refractivity contribution in [2.75, 3.05) is 28.6 Å². The van der Waals surface area contributed by atoms with E-state index in [1.54, 1.807) is 29.2 Å². The fourth-order valence-electron chi connectivity index (χ4n) is 2.54. The molecule has 25 heavy (non-hydrogen) atoms. The van der Waals surface area contributed by atoms with Gasteiger partial charge in [-0.25, -0.2) is 8.42 Å². The first-order chi connectivity index (χ1) is 11.8. The molecule has 2 rings (SSSR count). The highest BCUT2D eigenvalue weighted by atomic mass is 35.5. The maximum atomic E-state index is 12.6. The van der Waals surface area contributed by atoms with Crippen molar-refractivity contribution >= 4 is 38.9 Å². The Kier molecular flexibility index (Phi) is 6.45. The molecule has 134 valence electrons. The van der Waals surface area contributed by atoms with Crippen LogP contribution in [0.15, 0.2) is 54.6 Å². The number of hydrogen-bond acceptors (Lipinski definition) is 3. The van der Waals surface area contributed by atoms with Crippen molar-refractivity contribution in [3.63, 3.8) is 0 Å². The lowest BCUT2D eigenvalue weighted by Crippen LogP contribution is -2.36. The molecule has 2 aromatic rings. The molecule has 0 radical (unpaired) electrons. The van der Waals surface area contributed by atoms with E-state index in [1.807, 2.05) is 37.3 Å². The first kappa shape index (κ1) is 19.3. The summed E-state index contributed by atoms with van der Waals surface area (Å²) in [5.74, 6) is -0.128. The van der Waals surface area contributed by atoms with Crippen LogP contribution in [0.3, 0.4) is 0 Å². The molecule has 0 aliphatic carbocycles. The number of halogens is 1. The third kappa shape index (κ3) is 5.21. The molecule has 0 heterocycles. The van der Waals surface area contributed by atoms with Crippen molar-refractivity contribution < 1.29 is 13.2 Å². The van der Waals surface area contributed by atoms with Crippen LogP contribution < -0.4 is 9.21 Å². The van der Waals surface area contributed by atoms with Crippen molar-refractivity contribution in [1.82, 2.24) is 0 Å². The van der Waals surface area contributed by atoms with Crippen molar-refractivity contribution in [3.05, 3.63) is 59.6 Å². The number of para-hydroxylation sites is 1. The van der Waals surface area contributed by atoms with Crippen LogP contribution >= 0.6 is 11.6 Å². The van der Waals surface area contributed by atoms with E-state index in [2.05, 4.69) is 0 Å². The molecular formula is C18H21ClN2O3S. The fraction of sp³-hybridized carbons (Fsp3) is 0.278. The summed E-state index contributed by atoms with van der Waals surface area (Å²) < 4.78 is 25.4. The first-order valence-electron chi connectivity index (χ1n) is 7.91. The van der Waals surface area contributed by atoms with Crippen LogP contribution in [0, 0.1) is 0 Å². The number of nitrogens with zero attached hydrogens (tertiary/aromatic N) is 2. The Morgan fingerprint density at radius 1 is 1.00 bits per heavy atom. The number of rotatable bonds is 7. The third-order valence-electron chi connectivity index (χ3n) is 3.73. The van der Waals surface area contributed by atoms with Gasteiger partial charge in [0.15, 0.2) is 0 Å². The van der Waals surface area contributed by atoms with E-state index in [0.717, 1.165) is 11.9 Å². The molecule has 0 unspecified atom stereocenters. The number of anilines is 2. The summed E-state index contributed by atoms with van der Waals surface area (Å²) in [6, 6.07) is 15.8. The van der Waals surface area contributed by atoms with E-state index in [4.69, 9.17) is 11.6 Å². The molecule has 2 aromatic carbocycles. The molecule has 0 atom stereocenters. The quantitative estimate of drug-likeness (QED) is 0.738. The average Bonchev–Trinajstić information content (AvgIpc) is 2.57. The average molecular weight is 381 g/mol. The number of carbonyl (C=O) groups excluding carboxylic acids is 1. The van der Waals surface area contributed by atoms with Gasteiger partial charge in [0.2, 0.25) is 15.9 Å². The Labute approximate surface area is 153 Å². The van der Waals surface area contributed by atoms with Crippen molar-refractivity contribution in [3.8, 4) is 0 Å². The van der Waals surface area contributed by atoms with E-state index in [-0.39, 0.29) is 18.9 Å². The van der Waals surface area contributed by atoms with Crippen LogP contribution in [0.25, 0.3) is 0 Å². The smallest absolute Gasteiger partial charge is 0.232 e. The van der Waals surface area contributed by atoms with Gasteiger partial charge in [-0.05, 0) is 43.3 Å². The van der Waals surface area contributed by atoms with E-state index in [0.29, 0.717) is 17.3 Å². The van der Waals surface area contributed by atoms with Gasteiger partial charge in [0.1, 0.15) is 0 Å². The summed E-state index contributed by atoms with van der Waals surface area (Å²) in [5, 5.41) is 0.523. The van der Waals surface area contributed by atoms with Crippen LogP contribution in [0.4, 0.5) is 11.4 Å². The second kappa shape index (κ2) is 8.36. The Bertz CT molecular complexity index is 808. The Morgan fingerprint density at radius 2 is 1.60 bits per heavy atom. The second-order valence-electron chi connectivity index (χ2n) is 5.54. The molecule has 0 fully saturated rings. The lowest BCUT2D eigenvalue weighted by Gasteiger charge is -2.25. The highest BCUT2D eigenvalue weighted by molar-refractivity contribution is 7.92. The molecule has 0 N–H and O–H groups in total. The van der Waals surface area contributed by atoms with Gasteiger partial charge in [-0.15, -0.1) is 0 Å². The van der Waals surface area contributed by atoms with Gasteiger partial charge in [0.25, 0.3) is 0 Å². The second-order valence-corrected chi connectivity index (χ2v) is 7.88. The molecule has 0 saturated carbocycles. The van der Waals surface area contributed by atoms with E-state index < -0.39 is 10.0 Å². The molecule has 7 heteroatoms. The van der Waals surface area contributed by atoms with Gasteiger partial charge in [0.05, 0.1) is 11.9 Å². The molecule has 0 bridgehead atoms. The predicted molar refractivity (Wildman–Crippen MR) is 103 cm³/mol. The number of sulfonamides is 1. The third-order valence-corrected chi connectivity index (χ3v) is 5.17. The Balaban J connectivity index is 2.15. The topological polar surface area (TPSA) is 57.7 Å². The van der Waals surface area contributed by atoms with Gasteiger partial charge in [0, 0.05) is 30.2 Å². The molecular weight excluding hydrogens is 360 g/mol. The van der Waals surface area contributed by atoms with Crippen molar-refractivity contribution in [2.24, 2.45) is 0 Å². The van der Waals surface area contributed by atoms with Crippen molar-refractivity contribution in [1.29, 1.82) is 0 Å². The maximum absolute atomic E-state index is 12.6. The zero-order valence-corrected chi connectivity index (χ0v) is 15.8. The molecule has 0 aliphatic rings. The maximum Gasteiger partial charge on any atom is 0.232 e. The summed E-state index contributed by atoms with van der Waals surface area (Å²) in [5.41, 5.74) is 1.29. The zero-order chi connectivity index (χ0) is 18.4. The van der Waals surface area contributed by atoms with Gasteiger partial charge < -0.3 is 4.90 Å². The minimum Gasteiger partial charge on any atom is -0.313 e. The monoisotopic (exact) mass is 380 g/mol. The highest BCUT2D eigenvalue weighted by Crippen LogP contribution is 2.21. The number of carbonyl (C=O) groups is 1. The SMILES string of the molecule is CCN(C(=O)CCN(c1ccc(Cl)cc1)S(C)(=O)=O)c1ccccc1. The largest absolute Gasteiger partial charge is 0.313 e. The Hall–Kier alpha value is -2.05. The van der Waals surface area contributed by atoms with Crippen LogP contribution in [0.5, 0.6) is 0 Å². The number of hydrogen-bond donors (Lipinski definition) is 0. The van der Waals surface area contributed by atoms with Gasteiger partial charge in [-0.3, -0.25) is 9.10 Å². The van der Waals surface area contributed by atoms with Gasteiger partial charge >= 0.3 is 0 Å². The van der Waals surface area contributed by atoms with Crippen LogP contribution in [0.1, 0.15) is 13.3 Å². The van der Waals surface area contributed by atoms with Crippen LogP contribution in [-0.4, -0.2) is 33.7 Å². The number of benzene rings is 2. The van der Waals surface area contributed by atoms with E-state index in [9.17, 15) is 13.2 Å². The fourth-order valence-corrected chi connectivity index (χ4v) is 3.59. The number of amides is 1. The predicted octanol–water partition coefficient (Wildman–Crippen LogP) is 3.55. The van der Waals surface area contributed by atoms with E-state index in [1.165, 1.54) is 4.31 Å². The lowest BCUT2D eigenvalue weighted by atomic mass is 10.2. The first-order valence-corrected chi connectivity index (χ1v) is 10.1. The Morgan fingerprint density at radius 3 is 2.12 bits per heavy atom. The van der Waals surface area contributed by atoms with Gasteiger partial charge in [-0.2, -0.15) is 0 Å². The molecule has 0 saturated heterocycles. The highest BCUT2D eigenvalue weighted by Gasteiger charge is 2.21. The minimum absolute atomic E-state index is 0.0721. The summed E-state index contributed by atoms with van der Waals surface area (Å²) in [7, 11) is -3.50. The summed E-state index contributed by atoms with van der Waals surface area (Å²) in [6.07, 6.45) is 1.21. The van der Waals surface area contributed by atoms with Crippen LogP contribution in [0.2, 0.25) is 5.02 Å². The molecule has 1 amide bonds. The van der Waals surface area contributed by atoms with Crippen molar-refractivity contribution in [2.45, 2.75) is 13.3 Å². The zero-order valence-electron chi connectivity index (χ0n) is 14.2. The minimum atomic E-state index is -3.50.